The molecule has 0 bridgehead atoms. The van der Waals surface area contributed by atoms with Crippen molar-refractivity contribution in [1.29, 1.82) is 0 Å². The fourth-order valence-electron chi connectivity index (χ4n) is 3.27. The second kappa shape index (κ2) is 8.92. The molecule has 0 unspecified atom stereocenters. The summed E-state index contributed by atoms with van der Waals surface area (Å²) in [6.45, 7) is 4.91. The fourth-order valence-corrected chi connectivity index (χ4v) is 3.45. The molecular weight excluding hydrogens is 402 g/mol. The Bertz CT molecular complexity index is 1060. The number of likely N-dealkylation sites (tertiary alicyclic amines) is 1. The minimum absolute atomic E-state index is 0.0385. The number of anilines is 1. The van der Waals surface area contributed by atoms with Gasteiger partial charge in [0.15, 0.2) is 0 Å². The summed E-state index contributed by atoms with van der Waals surface area (Å²) in [6.07, 6.45) is 9.12. The molecule has 1 aromatic carbocycles. The number of nitrogens with one attached hydrogen (secondary N) is 1. The number of aromatic nitrogens is 3. The third-order valence-corrected chi connectivity index (χ3v) is 4.99. The third-order valence-electron chi connectivity index (χ3n) is 4.75. The number of benzene rings is 1. The van der Waals surface area contributed by atoms with Crippen LogP contribution in [0.2, 0.25) is 5.02 Å². The lowest BCUT2D eigenvalue weighted by Crippen LogP contribution is -2.30. The van der Waals surface area contributed by atoms with E-state index < -0.39 is 0 Å². The first-order valence-corrected chi connectivity index (χ1v) is 9.87. The van der Waals surface area contributed by atoms with E-state index in [-0.39, 0.29) is 18.0 Å². The second-order valence-corrected chi connectivity index (χ2v) is 7.33. The highest BCUT2D eigenvalue weighted by Gasteiger charge is 2.24. The van der Waals surface area contributed by atoms with Crippen molar-refractivity contribution in [3.63, 3.8) is 0 Å². The number of ether oxygens (including phenoxy) is 1. The van der Waals surface area contributed by atoms with Gasteiger partial charge < -0.3 is 15.0 Å². The van der Waals surface area contributed by atoms with E-state index in [1.54, 1.807) is 54.0 Å². The van der Waals surface area contributed by atoms with Crippen LogP contribution in [-0.2, 0) is 4.79 Å². The molecule has 1 saturated heterocycles. The first-order valence-electron chi connectivity index (χ1n) is 9.49. The summed E-state index contributed by atoms with van der Waals surface area (Å²) >= 11 is 5.97. The van der Waals surface area contributed by atoms with Crippen LogP contribution in [0.25, 0.3) is 11.1 Å². The Morgan fingerprint density at radius 2 is 2.03 bits per heavy atom. The molecule has 4 rings (SSSR count). The lowest BCUT2D eigenvalue weighted by molar-refractivity contribution is -0.125. The highest BCUT2D eigenvalue weighted by atomic mass is 35.5. The van der Waals surface area contributed by atoms with Gasteiger partial charge in [-0.25, -0.2) is 9.97 Å². The number of hydrogen-bond acceptors (Lipinski definition) is 6. The van der Waals surface area contributed by atoms with E-state index in [4.69, 9.17) is 16.3 Å². The van der Waals surface area contributed by atoms with Crippen molar-refractivity contribution in [1.82, 2.24) is 19.9 Å². The summed E-state index contributed by atoms with van der Waals surface area (Å²) in [4.78, 5) is 26.4. The zero-order valence-electron chi connectivity index (χ0n) is 16.2. The number of nitrogens with zero attached hydrogens (tertiary/aromatic N) is 4. The van der Waals surface area contributed by atoms with Gasteiger partial charge in [0.2, 0.25) is 5.91 Å². The van der Waals surface area contributed by atoms with E-state index >= 15 is 0 Å². The van der Waals surface area contributed by atoms with Crippen LogP contribution in [0.1, 0.15) is 6.42 Å². The molecule has 1 aliphatic heterocycles. The Balaban J connectivity index is 1.42. The van der Waals surface area contributed by atoms with Crippen LogP contribution < -0.4 is 10.1 Å². The molecule has 152 valence electrons. The Morgan fingerprint density at radius 3 is 2.80 bits per heavy atom. The molecule has 7 nitrogen and oxygen atoms in total. The van der Waals surface area contributed by atoms with Crippen molar-refractivity contribution in [2.45, 2.75) is 12.5 Å². The van der Waals surface area contributed by atoms with Crippen molar-refractivity contribution in [2.24, 2.45) is 0 Å². The van der Waals surface area contributed by atoms with E-state index in [1.165, 1.54) is 6.08 Å². The van der Waals surface area contributed by atoms with E-state index in [1.807, 2.05) is 6.07 Å². The van der Waals surface area contributed by atoms with Gasteiger partial charge in [0.25, 0.3) is 0 Å². The second-order valence-electron chi connectivity index (χ2n) is 6.89. The number of rotatable bonds is 6. The van der Waals surface area contributed by atoms with Gasteiger partial charge in [-0.3, -0.25) is 9.78 Å². The van der Waals surface area contributed by atoms with Crippen molar-refractivity contribution in [3.05, 3.63) is 72.8 Å². The Morgan fingerprint density at radius 1 is 1.20 bits per heavy atom. The molecule has 30 heavy (non-hydrogen) atoms. The molecular formula is C22H20ClN5O2. The van der Waals surface area contributed by atoms with Crippen molar-refractivity contribution >= 4 is 23.2 Å². The molecule has 3 aromatic rings. The number of amides is 1. The summed E-state index contributed by atoms with van der Waals surface area (Å²) in [6, 6.07) is 9.46. The summed E-state index contributed by atoms with van der Waals surface area (Å²) in [5.41, 5.74) is 2.58. The minimum atomic E-state index is -0.0385. The summed E-state index contributed by atoms with van der Waals surface area (Å²) in [7, 11) is 0. The molecule has 2 aromatic heterocycles. The highest BCUT2D eigenvalue weighted by Crippen LogP contribution is 2.25. The number of carbonyl (C=O) groups is 1. The van der Waals surface area contributed by atoms with E-state index in [9.17, 15) is 4.79 Å². The van der Waals surface area contributed by atoms with Crippen LogP contribution >= 0.6 is 11.6 Å². The van der Waals surface area contributed by atoms with Gasteiger partial charge in [-0.05, 0) is 36.8 Å². The van der Waals surface area contributed by atoms with Gasteiger partial charge in [-0.15, -0.1) is 0 Å². The molecule has 1 aliphatic rings. The van der Waals surface area contributed by atoms with Gasteiger partial charge in [-0.2, -0.15) is 0 Å². The van der Waals surface area contributed by atoms with Crippen LogP contribution in [-0.4, -0.2) is 44.9 Å². The molecule has 1 atom stereocenters. The predicted molar refractivity (Wildman–Crippen MR) is 116 cm³/mol. The Kier molecular flexibility index (Phi) is 5.90. The maximum absolute atomic E-state index is 11.7. The first kappa shape index (κ1) is 19.8. The van der Waals surface area contributed by atoms with Crippen LogP contribution in [0.5, 0.6) is 11.8 Å². The smallest absolute Gasteiger partial charge is 0.321 e. The third kappa shape index (κ3) is 4.75. The molecule has 0 spiro atoms. The van der Waals surface area contributed by atoms with Crippen molar-refractivity contribution in [3.8, 4) is 22.9 Å². The zero-order valence-corrected chi connectivity index (χ0v) is 16.9. The summed E-state index contributed by atoms with van der Waals surface area (Å²) in [5.74, 6) is 0.534. The minimum Gasteiger partial charge on any atom is -0.424 e. The molecule has 0 radical (unpaired) electrons. The van der Waals surface area contributed by atoms with Gasteiger partial charge in [-0.1, -0.05) is 24.2 Å². The number of carbonyl (C=O) groups excluding carboxylic acids is 1. The van der Waals surface area contributed by atoms with Crippen LogP contribution in [0.15, 0.2) is 67.8 Å². The van der Waals surface area contributed by atoms with E-state index in [2.05, 4.69) is 26.8 Å². The van der Waals surface area contributed by atoms with E-state index in [0.717, 1.165) is 29.8 Å². The molecule has 0 aliphatic carbocycles. The number of hydrogen-bond donors (Lipinski definition) is 1. The SMILES string of the molecule is C=CC(=O)N1CC[C@H](Nc2cncc(-c3cnc(Oc4cccc(Cl)c4)nc3)c2)C1. The summed E-state index contributed by atoms with van der Waals surface area (Å²) < 4.78 is 5.63. The standard InChI is InChI=1S/C22H20ClN5O2/c1-2-21(29)28-7-6-18(14-28)27-19-8-15(10-24-13-19)16-11-25-22(26-12-16)30-20-5-3-4-17(23)9-20/h2-5,8-13,18,27H,1,6-7,14H2/t18-/m0/s1. The average Bonchev–Trinajstić information content (AvgIpc) is 3.22. The first-order chi connectivity index (χ1) is 14.6. The molecule has 1 amide bonds. The van der Waals surface area contributed by atoms with Crippen LogP contribution in [0.4, 0.5) is 5.69 Å². The van der Waals surface area contributed by atoms with Crippen LogP contribution in [0.3, 0.4) is 0 Å². The predicted octanol–water partition coefficient (Wildman–Crippen LogP) is 4.18. The van der Waals surface area contributed by atoms with E-state index in [0.29, 0.717) is 17.3 Å². The largest absolute Gasteiger partial charge is 0.424 e. The quantitative estimate of drug-likeness (QED) is 0.601. The molecule has 1 fully saturated rings. The highest BCUT2D eigenvalue weighted by molar-refractivity contribution is 6.30. The monoisotopic (exact) mass is 421 g/mol. The maximum atomic E-state index is 11.7. The van der Waals surface area contributed by atoms with Gasteiger partial charge in [0.1, 0.15) is 5.75 Å². The number of halogens is 1. The average molecular weight is 422 g/mol. The van der Waals surface area contributed by atoms with Gasteiger partial charge >= 0.3 is 6.01 Å². The topological polar surface area (TPSA) is 80.2 Å². The number of pyridine rings is 1. The zero-order chi connectivity index (χ0) is 20.9. The van der Waals surface area contributed by atoms with Crippen molar-refractivity contribution in [2.75, 3.05) is 18.4 Å². The van der Waals surface area contributed by atoms with Crippen molar-refractivity contribution < 1.29 is 9.53 Å². The van der Waals surface area contributed by atoms with Crippen LogP contribution in [0, 0.1) is 0 Å². The summed E-state index contributed by atoms with van der Waals surface area (Å²) in [5, 5.41) is 4.02. The normalized spacial score (nSPS) is 15.6. The lowest BCUT2D eigenvalue weighted by atomic mass is 10.1. The Labute approximate surface area is 179 Å². The molecule has 8 heteroatoms. The Hall–Kier alpha value is -3.45. The fraction of sp³-hybridized carbons (Fsp3) is 0.182. The molecule has 3 heterocycles. The molecule has 0 saturated carbocycles. The van der Waals surface area contributed by atoms with Gasteiger partial charge in [0.05, 0.1) is 5.69 Å². The maximum Gasteiger partial charge on any atom is 0.321 e. The lowest BCUT2D eigenvalue weighted by Gasteiger charge is -2.16. The molecule has 1 N–H and O–H groups in total. The van der Waals surface area contributed by atoms with Gasteiger partial charge in [0, 0.05) is 60.1 Å².